The van der Waals surface area contributed by atoms with Crippen LogP contribution in [0.3, 0.4) is 0 Å². The number of rotatable bonds is 4. The summed E-state index contributed by atoms with van der Waals surface area (Å²) in [6, 6.07) is 4.42. The van der Waals surface area contributed by atoms with E-state index in [0.29, 0.717) is 5.02 Å². The van der Waals surface area contributed by atoms with Gasteiger partial charge in [-0.15, -0.1) is 0 Å². The molecule has 5 nitrogen and oxygen atoms in total. The number of aryl methyl sites for hydroxylation is 1. The van der Waals surface area contributed by atoms with E-state index in [2.05, 4.69) is 4.98 Å². The molecule has 1 heterocycles. The molecule has 0 unspecified atom stereocenters. The van der Waals surface area contributed by atoms with Crippen molar-refractivity contribution in [3.63, 3.8) is 0 Å². The van der Waals surface area contributed by atoms with Crippen LogP contribution >= 0.6 is 11.6 Å². The third-order valence-electron chi connectivity index (χ3n) is 2.47. The van der Waals surface area contributed by atoms with Gasteiger partial charge in [0.05, 0.1) is 18.2 Å². The highest BCUT2D eigenvalue weighted by Crippen LogP contribution is 2.24. The lowest BCUT2D eigenvalue weighted by atomic mass is 10.2. The Morgan fingerprint density at radius 3 is 2.94 bits per heavy atom. The SMILES string of the molecule is Cn1cncc1COc1cc(Cl)ccc1C(=O)O. The fraction of sp³-hybridized carbons (Fsp3) is 0.167. The van der Waals surface area contributed by atoms with Crippen molar-refractivity contribution in [3.05, 3.63) is 47.0 Å². The number of aromatic nitrogens is 2. The minimum atomic E-state index is -1.05. The number of hydrogen-bond donors (Lipinski definition) is 1. The molecule has 0 saturated carbocycles. The fourth-order valence-corrected chi connectivity index (χ4v) is 1.63. The summed E-state index contributed by atoms with van der Waals surface area (Å²) in [5, 5.41) is 9.46. The Kier molecular flexibility index (Phi) is 3.53. The van der Waals surface area contributed by atoms with E-state index in [-0.39, 0.29) is 17.9 Å². The molecule has 0 spiro atoms. The van der Waals surface area contributed by atoms with Crippen LogP contribution in [0.4, 0.5) is 0 Å². The first kappa shape index (κ1) is 12.4. The van der Waals surface area contributed by atoms with Crippen LogP contribution in [0.15, 0.2) is 30.7 Å². The maximum atomic E-state index is 11.0. The minimum Gasteiger partial charge on any atom is -0.486 e. The summed E-state index contributed by atoms with van der Waals surface area (Å²) >= 11 is 5.82. The van der Waals surface area contributed by atoms with Crippen molar-refractivity contribution in [1.82, 2.24) is 9.55 Å². The number of carboxylic acid groups (broad SMARTS) is 1. The molecule has 1 aromatic heterocycles. The maximum Gasteiger partial charge on any atom is 0.339 e. The molecule has 94 valence electrons. The van der Waals surface area contributed by atoms with Crippen molar-refractivity contribution in [1.29, 1.82) is 0 Å². The number of benzene rings is 1. The molecule has 0 aliphatic rings. The summed E-state index contributed by atoms with van der Waals surface area (Å²) in [5.41, 5.74) is 0.924. The molecule has 0 saturated heterocycles. The van der Waals surface area contributed by atoms with Gasteiger partial charge < -0.3 is 14.4 Å². The Labute approximate surface area is 109 Å². The van der Waals surface area contributed by atoms with Crippen molar-refractivity contribution in [2.75, 3.05) is 0 Å². The largest absolute Gasteiger partial charge is 0.486 e. The first-order chi connectivity index (χ1) is 8.58. The number of carboxylic acids is 1. The normalized spacial score (nSPS) is 10.3. The second-order valence-corrected chi connectivity index (χ2v) is 4.17. The van der Waals surface area contributed by atoms with E-state index in [4.69, 9.17) is 21.4 Å². The molecule has 0 fully saturated rings. The van der Waals surface area contributed by atoms with Gasteiger partial charge in [0.2, 0.25) is 0 Å². The van der Waals surface area contributed by atoms with Crippen molar-refractivity contribution < 1.29 is 14.6 Å². The second kappa shape index (κ2) is 5.10. The highest BCUT2D eigenvalue weighted by molar-refractivity contribution is 6.30. The third kappa shape index (κ3) is 2.62. The van der Waals surface area contributed by atoms with E-state index >= 15 is 0 Å². The highest BCUT2D eigenvalue weighted by Gasteiger charge is 2.12. The quantitative estimate of drug-likeness (QED) is 0.923. The van der Waals surface area contributed by atoms with E-state index in [9.17, 15) is 4.79 Å². The van der Waals surface area contributed by atoms with Crippen molar-refractivity contribution >= 4 is 17.6 Å². The van der Waals surface area contributed by atoms with Crippen molar-refractivity contribution in [2.24, 2.45) is 7.05 Å². The van der Waals surface area contributed by atoms with Crippen LogP contribution in [0.2, 0.25) is 5.02 Å². The summed E-state index contributed by atoms with van der Waals surface area (Å²) in [6.07, 6.45) is 3.31. The van der Waals surface area contributed by atoms with Gasteiger partial charge in [0.15, 0.2) is 0 Å². The van der Waals surface area contributed by atoms with Crippen LogP contribution in [-0.2, 0) is 13.7 Å². The Morgan fingerprint density at radius 1 is 1.56 bits per heavy atom. The van der Waals surface area contributed by atoms with E-state index in [1.165, 1.54) is 18.2 Å². The monoisotopic (exact) mass is 266 g/mol. The van der Waals surface area contributed by atoms with Crippen molar-refractivity contribution in [2.45, 2.75) is 6.61 Å². The lowest BCUT2D eigenvalue weighted by molar-refractivity contribution is 0.0691. The number of nitrogens with zero attached hydrogens (tertiary/aromatic N) is 2. The Balaban J connectivity index is 2.20. The molecule has 0 bridgehead atoms. The Bertz CT molecular complexity index is 580. The zero-order valence-corrected chi connectivity index (χ0v) is 10.4. The van der Waals surface area contributed by atoms with Gasteiger partial charge >= 0.3 is 5.97 Å². The van der Waals surface area contributed by atoms with E-state index in [0.717, 1.165) is 5.69 Å². The summed E-state index contributed by atoms with van der Waals surface area (Å²) in [7, 11) is 1.84. The van der Waals surface area contributed by atoms with E-state index in [1.807, 2.05) is 7.05 Å². The van der Waals surface area contributed by atoms with Gasteiger partial charge in [-0.05, 0) is 18.2 Å². The molecule has 0 atom stereocenters. The molecule has 2 rings (SSSR count). The third-order valence-corrected chi connectivity index (χ3v) is 2.70. The molecular weight excluding hydrogens is 256 g/mol. The second-order valence-electron chi connectivity index (χ2n) is 3.73. The molecule has 18 heavy (non-hydrogen) atoms. The molecule has 2 aromatic rings. The molecule has 0 aliphatic heterocycles. The lowest BCUT2D eigenvalue weighted by Gasteiger charge is -2.09. The highest BCUT2D eigenvalue weighted by atomic mass is 35.5. The topological polar surface area (TPSA) is 64.4 Å². The lowest BCUT2D eigenvalue weighted by Crippen LogP contribution is -2.05. The van der Waals surface area contributed by atoms with Gasteiger partial charge in [0, 0.05) is 12.1 Å². The molecule has 1 N–H and O–H groups in total. The summed E-state index contributed by atoms with van der Waals surface area (Å²) in [5.74, 6) is -0.803. The van der Waals surface area contributed by atoms with Gasteiger partial charge in [0.25, 0.3) is 0 Å². The van der Waals surface area contributed by atoms with Gasteiger partial charge in [-0.3, -0.25) is 0 Å². The Morgan fingerprint density at radius 2 is 2.33 bits per heavy atom. The number of imidazole rings is 1. The summed E-state index contributed by atoms with van der Waals surface area (Å²) < 4.78 is 7.27. The van der Waals surface area contributed by atoms with Gasteiger partial charge in [-0.25, -0.2) is 9.78 Å². The molecule has 0 radical (unpaired) electrons. The van der Waals surface area contributed by atoms with Crippen LogP contribution in [-0.4, -0.2) is 20.6 Å². The number of aromatic carboxylic acids is 1. The molecule has 0 amide bonds. The number of halogens is 1. The van der Waals surface area contributed by atoms with E-state index < -0.39 is 5.97 Å². The predicted molar refractivity (Wildman–Crippen MR) is 66.0 cm³/mol. The van der Waals surface area contributed by atoms with Crippen LogP contribution in [0.1, 0.15) is 16.1 Å². The van der Waals surface area contributed by atoms with Crippen LogP contribution in [0.25, 0.3) is 0 Å². The zero-order valence-electron chi connectivity index (χ0n) is 9.63. The van der Waals surface area contributed by atoms with Crippen molar-refractivity contribution in [3.8, 4) is 5.75 Å². The molecule has 0 aliphatic carbocycles. The molecule has 1 aromatic carbocycles. The molecule has 6 heteroatoms. The number of ether oxygens (including phenoxy) is 1. The van der Waals surface area contributed by atoms with Crippen LogP contribution in [0, 0.1) is 0 Å². The van der Waals surface area contributed by atoms with Gasteiger partial charge in [-0.1, -0.05) is 11.6 Å². The predicted octanol–water partition coefficient (Wildman–Crippen LogP) is 2.35. The Hall–Kier alpha value is -2.01. The first-order valence-corrected chi connectivity index (χ1v) is 5.56. The maximum absolute atomic E-state index is 11.0. The minimum absolute atomic E-state index is 0.0848. The number of carbonyl (C=O) groups is 1. The average Bonchev–Trinajstić information content (AvgIpc) is 2.72. The zero-order chi connectivity index (χ0) is 13.1. The van der Waals surface area contributed by atoms with Gasteiger partial charge in [0.1, 0.15) is 17.9 Å². The smallest absolute Gasteiger partial charge is 0.339 e. The standard InChI is InChI=1S/C12H11ClN2O3/c1-15-7-14-5-9(15)6-18-11-4-8(13)2-3-10(11)12(16)17/h2-5,7H,6H2,1H3,(H,16,17). The summed E-state index contributed by atoms with van der Waals surface area (Å²) in [6.45, 7) is 0.233. The fourth-order valence-electron chi connectivity index (χ4n) is 1.47. The average molecular weight is 267 g/mol. The van der Waals surface area contributed by atoms with E-state index in [1.54, 1.807) is 17.1 Å². The van der Waals surface area contributed by atoms with Crippen LogP contribution in [0.5, 0.6) is 5.75 Å². The first-order valence-electron chi connectivity index (χ1n) is 5.19. The van der Waals surface area contributed by atoms with Crippen LogP contribution < -0.4 is 4.74 Å². The number of hydrogen-bond acceptors (Lipinski definition) is 3. The molecular formula is C12H11ClN2O3. The van der Waals surface area contributed by atoms with Gasteiger partial charge in [-0.2, -0.15) is 0 Å². The summed E-state index contributed by atoms with van der Waals surface area (Å²) in [4.78, 5) is 15.0.